The van der Waals surface area contributed by atoms with Crippen LogP contribution < -0.4 is 0 Å². The Balaban J connectivity index is 3.27. The van der Waals surface area contributed by atoms with Crippen molar-refractivity contribution in [1.29, 1.82) is 0 Å². The zero-order valence-electron chi connectivity index (χ0n) is 7.28. The second-order valence-corrected chi connectivity index (χ2v) is 2.35. The van der Waals surface area contributed by atoms with E-state index in [0.29, 0.717) is 0 Å². The van der Waals surface area contributed by atoms with Gasteiger partial charge < -0.3 is 0 Å². The van der Waals surface area contributed by atoms with Gasteiger partial charge in [0.1, 0.15) is 6.33 Å². The highest BCUT2D eigenvalue weighted by atomic mass is 14.8. The van der Waals surface area contributed by atoms with Gasteiger partial charge in [-0.3, -0.25) is 4.99 Å². The molecule has 0 radical (unpaired) electrons. The van der Waals surface area contributed by atoms with Crippen LogP contribution in [0.5, 0.6) is 0 Å². The first-order chi connectivity index (χ1) is 5.79. The molecule has 1 aromatic rings. The fraction of sp³-hybridized carbons (Fsp3) is 0.222. The highest BCUT2D eigenvalue weighted by molar-refractivity contribution is 5.83. The molecule has 0 aliphatic carbocycles. The molecule has 0 aromatic carbocycles. The predicted octanol–water partition coefficient (Wildman–Crippen LogP) is 1.48. The van der Waals surface area contributed by atoms with Crippen LogP contribution >= 0.6 is 0 Å². The summed E-state index contributed by atoms with van der Waals surface area (Å²) in [6.07, 6.45) is 4.97. The Labute approximate surface area is 71.9 Å². The molecule has 1 rings (SSSR count). The summed E-state index contributed by atoms with van der Waals surface area (Å²) < 4.78 is 0. The number of rotatable bonds is 2. The standard InChI is InChI=1S/C9H11N3/c1-4-8-7(2)11-6-12-9(8)5-10-3/h4-6H,1H2,2-3H3. The maximum Gasteiger partial charge on any atom is 0.116 e. The summed E-state index contributed by atoms with van der Waals surface area (Å²) >= 11 is 0. The van der Waals surface area contributed by atoms with Crippen LogP contribution in [-0.2, 0) is 0 Å². The predicted molar refractivity (Wildman–Crippen MR) is 50.4 cm³/mol. The van der Waals surface area contributed by atoms with Gasteiger partial charge in [-0.1, -0.05) is 12.7 Å². The molecule has 0 amide bonds. The van der Waals surface area contributed by atoms with Crippen LogP contribution in [0.2, 0.25) is 0 Å². The van der Waals surface area contributed by atoms with Gasteiger partial charge in [0.2, 0.25) is 0 Å². The molecule has 1 aromatic heterocycles. The van der Waals surface area contributed by atoms with Crippen molar-refractivity contribution in [2.45, 2.75) is 6.92 Å². The molecule has 0 saturated heterocycles. The van der Waals surface area contributed by atoms with Gasteiger partial charge in [0, 0.05) is 24.5 Å². The Bertz CT molecular complexity index is 316. The van der Waals surface area contributed by atoms with Crippen molar-refractivity contribution in [1.82, 2.24) is 9.97 Å². The molecule has 0 unspecified atom stereocenters. The molecule has 0 aliphatic rings. The fourth-order valence-electron chi connectivity index (χ4n) is 0.980. The number of hydrogen-bond donors (Lipinski definition) is 0. The van der Waals surface area contributed by atoms with E-state index in [1.807, 2.05) is 6.92 Å². The summed E-state index contributed by atoms with van der Waals surface area (Å²) in [6, 6.07) is 0. The average Bonchev–Trinajstić information content (AvgIpc) is 2.05. The average molecular weight is 161 g/mol. The summed E-state index contributed by atoms with van der Waals surface area (Å²) in [7, 11) is 1.71. The third-order valence-electron chi connectivity index (χ3n) is 1.57. The molecular formula is C9H11N3. The van der Waals surface area contributed by atoms with E-state index in [-0.39, 0.29) is 0 Å². The minimum Gasteiger partial charge on any atom is -0.294 e. The third-order valence-corrected chi connectivity index (χ3v) is 1.57. The normalized spacial score (nSPS) is 10.5. The fourth-order valence-corrected chi connectivity index (χ4v) is 0.980. The number of aliphatic imine (C=N–C) groups is 1. The minimum atomic E-state index is 0.819. The van der Waals surface area contributed by atoms with Crippen molar-refractivity contribution in [3.05, 3.63) is 29.9 Å². The number of hydrogen-bond acceptors (Lipinski definition) is 3. The van der Waals surface area contributed by atoms with Crippen LogP contribution in [0.1, 0.15) is 17.0 Å². The second-order valence-electron chi connectivity index (χ2n) is 2.35. The smallest absolute Gasteiger partial charge is 0.116 e. The van der Waals surface area contributed by atoms with Crippen molar-refractivity contribution in [2.24, 2.45) is 4.99 Å². The molecule has 1 heterocycles. The van der Waals surface area contributed by atoms with Gasteiger partial charge in [0.25, 0.3) is 0 Å². The van der Waals surface area contributed by atoms with Gasteiger partial charge in [-0.15, -0.1) is 0 Å². The zero-order chi connectivity index (χ0) is 8.97. The van der Waals surface area contributed by atoms with Crippen LogP contribution in [0.4, 0.5) is 0 Å². The summed E-state index contributed by atoms with van der Waals surface area (Å²) in [6.45, 7) is 5.62. The summed E-state index contributed by atoms with van der Waals surface area (Å²) in [5.74, 6) is 0. The maximum atomic E-state index is 4.07. The highest BCUT2D eigenvalue weighted by Gasteiger charge is 2.00. The van der Waals surface area contributed by atoms with Crippen molar-refractivity contribution in [2.75, 3.05) is 7.05 Å². The Hall–Kier alpha value is -1.51. The lowest BCUT2D eigenvalue weighted by Gasteiger charge is -2.00. The highest BCUT2D eigenvalue weighted by Crippen LogP contribution is 2.07. The lowest BCUT2D eigenvalue weighted by Crippen LogP contribution is -1.97. The number of aryl methyl sites for hydroxylation is 1. The largest absolute Gasteiger partial charge is 0.294 e. The van der Waals surface area contributed by atoms with E-state index in [1.165, 1.54) is 6.33 Å². The molecule has 3 heteroatoms. The Morgan fingerprint density at radius 2 is 2.25 bits per heavy atom. The first-order valence-corrected chi connectivity index (χ1v) is 3.65. The van der Waals surface area contributed by atoms with Crippen molar-refractivity contribution < 1.29 is 0 Å². The zero-order valence-corrected chi connectivity index (χ0v) is 7.28. The molecule has 0 saturated carbocycles. The van der Waals surface area contributed by atoms with Gasteiger partial charge >= 0.3 is 0 Å². The van der Waals surface area contributed by atoms with E-state index in [1.54, 1.807) is 19.3 Å². The summed E-state index contributed by atoms with van der Waals surface area (Å²) in [4.78, 5) is 12.0. The number of nitrogens with zero attached hydrogens (tertiary/aromatic N) is 3. The Morgan fingerprint density at radius 1 is 1.50 bits per heavy atom. The minimum absolute atomic E-state index is 0.819. The summed E-state index contributed by atoms with van der Waals surface area (Å²) in [5, 5.41) is 0. The molecule has 3 nitrogen and oxygen atoms in total. The van der Waals surface area contributed by atoms with Crippen molar-refractivity contribution >= 4 is 12.3 Å². The van der Waals surface area contributed by atoms with E-state index in [9.17, 15) is 0 Å². The molecule has 0 spiro atoms. The van der Waals surface area contributed by atoms with Crippen LogP contribution in [0.15, 0.2) is 17.9 Å². The van der Waals surface area contributed by atoms with Crippen molar-refractivity contribution in [3.63, 3.8) is 0 Å². The molecule has 0 bridgehead atoms. The molecule has 0 aliphatic heterocycles. The van der Waals surface area contributed by atoms with Crippen LogP contribution in [-0.4, -0.2) is 23.2 Å². The molecule has 12 heavy (non-hydrogen) atoms. The Kier molecular flexibility index (Phi) is 2.69. The second kappa shape index (κ2) is 3.76. The van der Waals surface area contributed by atoms with Crippen LogP contribution in [0.3, 0.4) is 0 Å². The van der Waals surface area contributed by atoms with Crippen molar-refractivity contribution in [3.8, 4) is 0 Å². The maximum absolute atomic E-state index is 4.07. The van der Waals surface area contributed by atoms with E-state index in [2.05, 4.69) is 21.5 Å². The van der Waals surface area contributed by atoms with Gasteiger partial charge in [0.05, 0.1) is 5.69 Å². The first-order valence-electron chi connectivity index (χ1n) is 3.65. The number of aromatic nitrogens is 2. The van der Waals surface area contributed by atoms with Gasteiger partial charge in [-0.05, 0) is 6.92 Å². The quantitative estimate of drug-likeness (QED) is 0.616. The summed E-state index contributed by atoms with van der Waals surface area (Å²) in [5.41, 5.74) is 2.69. The lowest BCUT2D eigenvalue weighted by molar-refractivity contribution is 1.08. The van der Waals surface area contributed by atoms with E-state index < -0.39 is 0 Å². The SMILES string of the molecule is C=Cc1c(C)ncnc1C=NC. The Morgan fingerprint density at radius 3 is 2.83 bits per heavy atom. The molecular weight excluding hydrogens is 150 g/mol. The molecule has 0 atom stereocenters. The lowest BCUT2D eigenvalue weighted by atomic mass is 10.2. The monoisotopic (exact) mass is 161 g/mol. The van der Waals surface area contributed by atoms with E-state index in [4.69, 9.17) is 0 Å². The molecule has 0 fully saturated rings. The van der Waals surface area contributed by atoms with E-state index >= 15 is 0 Å². The third kappa shape index (κ3) is 1.56. The molecule has 62 valence electrons. The molecule has 0 N–H and O–H groups in total. The van der Waals surface area contributed by atoms with Gasteiger partial charge in [-0.2, -0.15) is 0 Å². The van der Waals surface area contributed by atoms with Crippen LogP contribution in [0.25, 0.3) is 6.08 Å². The van der Waals surface area contributed by atoms with Gasteiger partial charge in [0.15, 0.2) is 0 Å². The topological polar surface area (TPSA) is 38.1 Å². The van der Waals surface area contributed by atoms with E-state index in [0.717, 1.165) is 17.0 Å². The van der Waals surface area contributed by atoms with Gasteiger partial charge in [-0.25, -0.2) is 9.97 Å². The van der Waals surface area contributed by atoms with Crippen LogP contribution in [0, 0.1) is 6.92 Å². The first kappa shape index (κ1) is 8.59.